The van der Waals surface area contributed by atoms with E-state index in [4.69, 9.17) is 14.2 Å². The van der Waals surface area contributed by atoms with Crippen LogP contribution in [0.5, 0.6) is 17.2 Å². The Morgan fingerprint density at radius 2 is 1.91 bits per heavy atom. The molecule has 0 aromatic heterocycles. The van der Waals surface area contributed by atoms with E-state index in [2.05, 4.69) is 5.32 Å². The second kappa shape index (κ2) is 9.73. The van der Waals surface area contributed by atoms with Gasteiger partial charge in [0.1, 0.15) is 19.0 Å². The van der Waals surface area contributed by atoms with Crippen LogP contribution in [0.1, 0.15) is 12.8 Å². The maximum absolute atomic E-state index is 12.4. The van der Waals surface area contributed by atoms with E-state index in [-0.39, 0.29) is 36.5 Å². The molecule has 12 heteroatoms. The van der Waals surface area contributed by atoms with Gasteiger partial charge in [0.05, 0.1) is 29.7 Å². The van der Waals surface area contributed by atoms with E-state index in [0.717, 1.165) is 6.26 Å². The molecule has 0 aliphatic carbocycles. The molecule has 0 saturated carbocycles. The van der Waals surface area contributed by atoms with E-state index < -0.39 is 20.9 Å². The van der Waals surface area contributed by atoms with Gasteiger partial charge in [0.15, 0.2) is 11.5 Å². The van der Waals surface area contributed by atoms with Crippen LogP contribution in [0.25, 0.3) is 0 Å². The molecule has 0 spiro atoms. The van der Waals surface area contributed by atoms with E-state index in [0.29, 0.717) is 30.4 Å². The van der Waals surface area contributed by atoms with Gasteiger partial charge in [-0.15, -0.1) is 0 Å². The molecule has 32 heavy (non-hydrogen) atoms. The number of non-ortho nitro benzene ring substituents is 1. The minimum absolute atomic E-state index is 0.0115. The fourth-order valence-electron chi connectivity index (χ4n) is 3.18. The molecule has 1 heterocycles. The van der Waals surface area contributed by atoms with Crippen LogP contribution in [0.15, 0.2) is 36.4 Å². The average molecular weight is 465 g/mol. The summed E-state index contributed by atoms with van der Waals surface area (Å²) in [6.45, 7) is 0.848. The molecule has 2 aromatic rings. The number of nitro groups is 1. The van der Waals surface area contributed by atoms with Gasteiger partial charge in [-0.25, -0.2) is 8.42 Å². The molecule has 11 nitrogen and oxygen atoms in total. The van der Waals surface area contributed by atoms with Crippen molar-refractivity contribution in [2.24, 2.45) is 0 Å². The number of methoxy groups -OCH3 is 1. The van der Waals surface area contributed by atoms with Crippen molar-refractivity contribution in [1.82, 2.24) is 0 Å². The molecule has 1 N–H and O–H groups in total. The van der Waals surface area contributed by atoms with E-state index in [1.807, 2.05) is 0 Å². The first-order valence-corrected chi connectivity index (χ1v) is 11.5. The summed E-state index contributed by atoms with van der Waals surface area (Å²) in [7, 11) is -2.23. The summed E-state index contributed by atoms with van der Waals surface area (Å²) >= 11 is 0. The minimum Gasteiger partial charge on any atom is -0.495 e. The second-order valence-electron chi connectivity index (χ2n) is 6.96. The fraction of sp³-hybridized carbons (Fsp3) is 0.350. The highest BCUT2D eigenvalue weighted by Gasteiger charge is 2.21. The Balaban J connectivity index is 1.66. The van der Waals surface area contributed by atoms with Crippen LogP contribution >= 0.6 is 0 Å². The van der Waals surface area contributed by atoms with E-state index >= 15 is 0 Å². The molecule has 172 valence electrons. The maximum Gasteiger partial charge on any atom is 0.271 e. The summed E-state index contributed by atoms with van der Waals surface area (Å²) in [6.07, 6.45) is 1.28. The molecular formula is C20H23N3O8S. The fourth-order valence-corrected chi connectivity index (χ4v) is 4.13. The predicted molar refractivity (Wildman–Crippen MR) is 117 cm³/mol. The Labute approximate surface area is 185 Å². The normalized spacial score (nSPS) is 12.7. The SMILES string of the molecule is COc1ccc([N+](=O)[O-])cc1NC(=O)CCCN(c1ccc2c(c1)OCCO2)S(C)(=O)=O. The average Bonchev–Trinajstić information content (AvgIpc) is 2.75. The lowest BCUT2D eigenvalue weighted by Gasteiger charge is -2.25. The Morgan fingerprint density at radius 1 is 1.19 bits per heavy atom. The smallest absolute Gasteiger partial charge is 0.271 e. The van der Waals surface area contributed by atoms with Crippen LogP contribution < -0.4 is 23.8 Å². The van der Waals surface area contributed by atoms with Crippen molar-refractivity contribution in [3.05, 3.63) is 46.5 Å². The number of nitrogens with zero attached hydrogens (tertiary/aromatic N) is 2. The minimum atomic E-state index is -3.62. The van der Waals surface area contributed by atoms with Gasteiger partial charge in [-0.1, -0.05) is 0 Å². The summed E-state index contributed by atoms with van der Waals surface area (Å²) in [6, 6.07) is 8.71. The van der Waals surface area contributed by atoms with Gasteiger partial charge >= 0.3 is 0 Å². The van der Waals surface area contributed by atoms with E-state index in [9.17, 15) is 23.3 Å². The van der Waals surface area contributed by atoms with Gasteiger partial charge in [0.2, 0.25) is 15.9 Å². The highest BCUT2D eigenvalue weighted by Crippen LogP contribution is 2.35. The third-order valence-corrected chi connectivity index (χ3v) is 5.84. The Hall–Kier alpha value is -3.54. The third-order valence-electron chi connectivity index (χ3n) is 4.65. The zero-order chi connectivity index (χ0) is 23.3. The lowest BCUT2D eigenvalue weighted by Crippen LogP contribution is -2.31. The van der Waals surface area contributed by atoms with Gasteiger partial charge in [0.25, 0.3) is 5.69 Å². The highest BCUT2D eigenvalue weighted by molar-refractivity contribution is 7.92. The number of rotatable bonds is 9. The number of nitrogens with one attached hydrogen (secondary N) is 1. The number of hydrogen-bond donors (Lipinski definition) is 1. The standard InChI is InChI=1S/C20H23N3O8S/c1-29-17-7-6-15(23(25)26)12-16(17)21-20(24)4-3-9-22(32(2,27)28)14-5-8-18-19(13-14)31-11-10-30-18/h5-8,12-13H,3-4,9-11H2,1-2H3,(H,21,24). The zero-order valence-electron chi connectivity index (χ0n) is 17.6. The number of carbonyl (C=O) groups excluding carboxylic acids is 1. The second-order valence-corrected chi connectivity index (χ2v) is 8.86. The largest absolute Gasteiger partial charge is 0.495 e. The summed E-state index contributed by atoms with van der Waals surface area (Å²) in [5.74, 6) is 0.842. The first-order chi connectivity index (χ1) is 15.2. The molecular weight excluding hydrogens is 442 g/mol. The number of hydrogen-bond acceptors (Lipinski definition) is 8. The van der Waals surface area contributed by atoms with Crippen molar-refractivity contribution < 1.29 is 32.3 Å². The molecule has 0 bridgehead atoms. The topological polar surface area (TPSA) is 137 Å². The number of amides is 1. The zero-order valence-corrected chi connectivity index (χ0v) is 18.4. The lowest BCUT2D eigenvalue weighted by molar-refractivity contribution is -0.384. The van der Waals surface area contributed by atoms with Crippen LogP contribution in [-0.4, -0.2) is 52.4 Å². The Kier molecular flexibility index (Phi) is 7.03. The van der Waals surface area contributed by atoms with Gasteiger partial charge < -0.3 is 19.5 Å². The quantitative estimate of drug-likeness (QED) is 0.441. The highest BCUT2D eigenvalue weighted by atomic mass is 32.2. The van der Waals surface area contributed by atoms with E-state index in [1.54, 1.807) is 18.2 Å². The van der Waals surface area contributed by atoms with Crippen molar-refractivity contribution in [1.29, 1.82) is 0 Å². The molecule has 1 aliphatic rings. The van der Waals surface area contributed by atoms with Crippen molar-refractivity contribution in [2.45, 2.75) is 12.8 Å². The van der Waals surface area contributed by atoms with Crippen molar-refractivity contribution in [2.75, 3.05) is 42.7 Å². The number of fused-ring (bicyclic) bond motifs is 1. The summed E-state index contributed by atoms with van der Waals surface area (Å²) in [4.78, 5) is 22.8. The summed E-state index contributed by atoms with van der Waals surface area (Å²) < 4.78 is 41.9. The molecule has 3 rings (SSSR count). The molecule has 1 aliphatic heterocycles. The molecule has 0 atom stereocenters. The van der Waals surface area contributed by atoms with Crippen LogP contribution in [-0.2, 0) is 14.8 Å². The predicted octanol–water partition coefficient (Wildman–Crippen LogP) is 2.56. The number of anilines is 2. The number of carbonyl (C=O) groups is 1. The molecule has 0 saturated heterocycles. The van der Waals surface area contributed by atoms with Gasteiger partial charge in [-0.05, 0) is 24.6 Å². The Bertz CT molecular complexity index is 1120. The van der Waals surface area contributed by atoms with Crippen LogP contribution in [0.4, 0.5) is 17.1 Å². The molecule has 1 amide bonds. The third kappa shape index (κ3) is 5.58. The Morgan fingerprint density at radius 3 is 2.56 bits per heavy atom. The van der Waals surface area contributed by atoms with Gasteiger partial charge in [-0.3, -0.25) is 19.2 Å². The number of nitro benzene ring substituents is 1. The maximum atomic E-state index is 12.4. The first-order valence-electron chi connectivity index (χ1n) is 9.68. The first kappa shape index (κ1) is 23.1. The van der Waals surface area contributed by atoms with Crippen molar-refractivity contribution in [3.8, 4) is 17.2 Å². The number of sulfonamides is 1. The molecule has 0 unspecified atom stereocenters. The monoisotopic (exact) mass is 465 g/mol. The summed E-state index contributed by atoms with van der Waals surface area (Å²) in [5.41, 5.74) is 0.374. The van der Waals surface area contributed by atoms with Gasteiger partial charge in [0, 0.05) is 31.2 Å². The van der Waals surface area contributed by atoms with Crippen molar-refractivity contribution >= 4 is 33.0 Å². The summed E-state index contributed by atoms with van der Waals surface area (Å²) in [5, 5.41) is 13.6. The lowest BCUT2D eigenvalue weighted by atomic mass is 10.2. The van der Waals surface area contributed by atoms with Crippen molar-refractivity contribution in [3.63, 3.8) is 0 Å². The van der Waals surface area contributed by atoms with Crippen LogP contribution in [0.3, 0.4) is 0 Å². The molecule has 0 radical (unpaired) electrons. The molecule has 0 fully saturated rings. The number of benzene rings is 2. The molecule has 2 aromatic carbocycles. The van der Waals surface area contributed by atoms with Gasteiger partial charge in [-0.2, -0.15) is 0 Å². The number of ether oxygens (including phenoxy) is 3. The van der Waals surface area contributed by atoms with Crippen LogP contribution in [0.2, 0.25) is 0 Å². The van der Waals surface area contributed by atoms with E-state index in [1.165, 1.54) is 29.6 Å². The van der Waals surface area contributed by atoms with Crippen LogP contribution in [0, 0.1) is 10.1 Å².